The van der Waals surface area contributed by atoms with Gasteiger partial charge in [0.2, 0.25) is 0 Å². The summed E-state index contributed by atoms with van der Waals surface area (Å²) in [5.74, 6) is 0. The summed E-state index contributed by atoms with van der Waals surface area (Å²) in [6.07, 6.45) is 18.3. The Hall–Kier alpha value is -2.55. The normalized spacial score (nSPS) is 19.2. The molecule has 0 saturated carbocycles. The Balaban J connectivity index is 1.64. The van der Waals surface area contributed by atoms with Crippen molar-refractivity contribution < 1.29 is 14.2 Å². The van der Waals surface area contributed by atoms with E-state index in [0.29, 0.717) is 7.35 Å². The van der Waals surface area contributed by atoms with Gasteiger partial charge in [-0.15, -0.1) is 0 Å². The molecule has 2 aliphatic rings. The molecular formula is C44H56HfSi. The third-order valence-corrected chi connectivity index (χ3v) is 70.1. The standard InChI is InChI=1S/2C16H13.2C5H11.2CH3.Hf.H2Si/c2*1-12-6-2-3-9-14(12)16-11-5-8-13-7-4-10-15(13)16;2*1-3-5-4-2;;;;/h2*2-11H,1H3;2*1,3-5H2,2H3;2*1H3;;1H2. The summed E-state index contributed by atoms with van der Waals surface area (Å²) in [6, 6.07) is 32.4. The van der Waals surface area contributed by atoms with E-state index in [2.05, 4.69) is 153 Å². The Morgan fingerprint density at radius 3 is 1.30 bits per heavy atom. The van der Waals surface area contributed by atoms with Gasteiger partial charge in [-0.3, -0.25) is 0 Å². The molecule has 2 unspecified atom stereocenters. The molecule has 46 heavy (non-hydrogen) atoms. The van der Waals surface area contributed by atoms with E-state index in [1.165, 1.54) is 91.4 Å². The molecule has 2 atom stereocenters. The maximum atomic E-state index is 2.96. The summed E-state index contributed by atoms with van der Waals surface area (Å²) in [5, 5.41) is 0. The minimum atomic E-state index is -5.11. The molecule has 0 nitrogen and oxygen atoms in total. The van der Waals surface area contributed by atoms with Crippen LogP contribution in [0.2, 0.25) is 17.7 Å². The van der Waals surface area contributed by atoms with E-state index in [4.69, 9.17) is 0 Å². The van der Waals surface area contributed by atoms with E-state index in [0.717, 1.165) is 0 Å². The van der Waals surface area contributed by atoms with Crippen molar-refractivity contribution >= 4 is 19.1 Å². The molecule has 0 N–H and O–H groups in total. The summed E-state index contributed by atoms with van der Waals surface area (Å²) in [5.41, 5.74) is 14.4. The minimum absolute atomic E-state index is 0.456. The predicted molar refractivity (Wildman–Crippen MR) is 206 cm³/mol. The van der Waals surface area contributed by atoms with E-state index in [9.17, 15) is 0 Å². The number of fused-ring (bicyclic) bond motifs is 2. The molecular weight excluding hydrogens is 735 g/mol. The number of aryl methyl sites for hydroxylation is 2. The summed E-state index contributed by atoms with van der Waals surface area (Å²) < 4.78 is 9.57. The predicted octanol–water partition coefficient (Wildman–Crippen LogP) is 13.1. The van der Waals surface area contributed by atoms with Crippen molar-refractivity contribution in [3.63, 3.8) is 0 Å². The van der Waals surface area contributed by atoms with Crippen LogP contribution in [-0.4, -0.2) is 6.94 Å². The molecule has 0 amide bonds. The molecule has 0 heterocycles. The van der Waals surface area contributed by atoms with Crippen molar-refractivity contribution in [1.29, 1.82) is 0 Å². The van der Waals surface area contributed by atoms with Gasteiger partial charge in [0.05, 0.1) is 0 Å². The quantitative estimate of drug-likeness (QED) is 0.0990. The van der Waals surface area contributed by atoms with Gasteiger partial charge in [-0.25, -0.2) is 0 Å². The summed E-state index contributed by atoms with van der Waals surface area (Å²) >= 11 is -5.11. The van der Waals surface area contributed by atoms with Gasteiger partial charge in [0.1, 0.15) is 0 Å². The SMILES string of the molecule is CCCC[CH2][Hf]([CH3])([CH3])(=[SiH2])([CH2]CCCC)([CH]1C=Cc2c(-c3ccccc3C)cccc21)[CH]1C=Cc2c(-c3ccccc3C)cccc21. The Morgan fingerprint density at radius 1 is 0.522 bits per heavy atom. The number of allylic oxidation sites excluding steroid dienone is 2. The van der Waals surface area contributed by atoms with E-state index in [-0.39, 0.29) is 0 Å². The van der Waals surface area contributed by atoms with Crippen LogP contribution in [0.25, 0.3) is 34.4 Å². The zero-order valence-electron chi connectivity index (χ0n) is 29.4. The average molecular weight is 792 g/mol. The first-order chi connectivity index (χ1) is 21.9. The Morgan fingerprint density at radius 2 is 0.913 bits per heavy atom. The Kier molecular flexibility index (Phi) is 8.17. The van der Waals surface area contributed by atoms with E-state index < -0.39 is 14.2 Å². The van der Waals surface area contributed by atoms with E-state index in [1.54, 1.807) is 11.1 Å². The van der Waals surface area contributed by atoms with Crippen LogP contribution in [0.1, 0.15) is 93.1 Å². The Labute approximate surface area is 275 Å². The molecule has 4 aromatic rings. The first kappa shape index (κ1) is 33.4. The van der Waals surface area contributed by atoms with Crippen LogP contribution in [-0.2, 0) is 14.2 Å². The molecule has 0 fully saturated rings. The number of hydrogen-bond donors (Lipinski definition) is 0. The van der Waals surface area contributed by atoms with Crippen LogP contribution in [0.5, 0.6) is 0 Å². The molecule has 2 heteroatoms. The first-order valence-corrected chi connectivity index (χ1v) is 42.9. The maximum absolute atomic E-state index is 5.11. The fourth-order valence-corrected chi connectivity index (χ4v) is 60.1. The van der Waals surface area contributed by atoms with E-state index in [1.807, 2.05) is 0 Å². The number of hydrogen-bond acceptors (Lipinski definition) is 0. The van der Waals surface area contributed by atoms with Crippen LogP contribution >= 0.6 is 0 Å². The van der Waals surface area contributed by atoms with Gasteiger partial charge >= 0.3 is 277 Å². The third kappa shape index (κ3) is 5.09. The molecule has 240 valence electrons. The van der Waals surface area contributed by atoms with Gasteiger partial charge in [0, 0.05) is 0 Å². The van der Waals surface area contributed by atoms with E-state index >= 15 is 0 Å². The molecule has 0 spiro atoms. The summed E-state index contributed by atoms with van der Waals surface area (Å²) in [6.45, 7) is 11.9. The zero-order chi connectivity index (χ0) is 32.7. The number of rotatable bonds is 12. The fraction of sp³-hybridized carbons (Fsp3) is 0.364. The van der Waals surface area contributed by atoms with Crippen LogP contribution in [0.3, 0.4) is 0 Å². The van der Waals surface area contributed by atoms with Crippen LogP contribution < -0.4 is 0 Å². The van der Waals surface area contributed by atoms with Crippen molar-refractivity contribution in [3.05, 3.63) is 130 Å². The number of unbranched alkanes of at least 4 members (excludes halogenated alkanes) is 4. The van der Waals surface area contributed by atoms with Crippen molar-refractivity contribution in [2.75, 3.05) is 0 Å². The van der Waals surface area contributed by atoms with Crippen LogP contribution in [0.4, 0.5) is 0 Å². The van der Waals surface area contributed by atoms with Gasteiger partial charge in [-0.1, -0.05) is 0 Å². The topological polar surface area (TPSA) is 0 Å². The molecule has 4 aromatic carbocycles. The summed E-state index contributed by atoms with van der Waals surface area (Å²) in [7, 11) is 0. The monoisotopic (exact) mass is 792 g/mol. The van der Waals surface area contributed by atoms with Crippen molar-refractivity contribution in [2.24, 2.45) is 0 Å². The number of benzene rings is 4. The molecule has 0 saturated heterocycles. The van der Waals surface area contributed by atoms with Gasteiger partial charge in [-0.05, 0) is 0 Å². The zero-order valence-corrected chi connectivity index (χ0v) is 34.4. The molecule has 6 rings (SSSR count). The first-order valence-electron chi connectivity index (χ1n) is 18.2. The van der Waals surface area contributed by atoms with Gasteiger partial charge in [0.25, 0.3) is 0 Å². The summed E-state index contributed by atoms with van der Waals surface area (Å²) in [4.78, 5) is 0. The van der Waals surface area contributed by atoms with Gasteiger partial charge in [-0.2, -0.15) is 0 Å². The van der Waals surface area contributed by atoms with Crippen LogP contribution in [0.15, 0.2) is 97.1 Å². The van der Waals surface area contributed by atoms with Gasteiger partial charge in [0.15, 0.2) is 0 Å². The van der Waals surface area contributed by atoms with Crippen LogP contribution in [0, 0.1) is 13.8 Å². The molecule has 0 aliphatic heterocycles. The molecule has 2 aliphatic carbocycles. The van der Waals surface area contributed by atoms with Gasteiger partial charge < -0.3 is 0 Å². The molecule has 0 radical (unpaired) electrons. The third-order valence-electron chi connectivity index (χ3n) is 13.5. The molecule has 0 aromatic heterocycles. The fourth-order valence-electron chi connectivity index (χ4n) is 10.6. The van der Waals surface area contributed by atoms with Crippen molar-refractivity contribution in [3.8, 4) is 22.3 Å². The average Bonchev–Trinajstić information content (AvgIpc) is 3.70. The van der Waals surface area contributed by atoms with Crippen molar-refractivity contribution in [2.45, 2.75) is 91.3 Å². The molecule has 0 bridgehead atoms. The second kappa shape index (κ2) is 11.3. The second-order valence-electron chi connectivity index (χ2n) is 17.8. The second-order valence-corrected chi connectivity index (χ2v) is 94.8. The Bertz CT molecular complexity index is 1860. The van der Waals surface area contributed by atoms with Crippen molar-refractivity contribution in [1.82, 2.24) is 0 Å².